The number of benzene rings is 1. The Labute approximate surface area is 167 Å². The molecule has 0 unspecified atom stereocenters. The average molecular weight is 418 g/mol. The smallest absolute Gasteiger partial charge is 0.353 e. The van der Waals surface area contributed by atoms with Gasteiger partial charge < -0.3 is 14.8 Å². The molecule has 2 heterocycles. The number of nitrogens with one attached hydrogen (secondary N) is 1. The fourth-order valence-electron chi connectivity index (χ4n) is 2.27. The van der Waals surface area contributed by atoms with Gasteiger partial charge in [0.15, 0.2) is 11.5 Å². The Morgan fingerprint density at radius 3 is 2.61 bits per heavy atom. The van der Waals surface area contributed by atoms with E-state index in [1.54, 1.807) is 35.7 Å². The fourth-order valence-corrected chi connectivity index (χ4v) is 3.60. The van der Waals surface area contributed by atoms with E-state index in [9.17, 15) is 19.7 Å². The molecule has 10 heteroatoms. The van der Waals surface area contributed by atoms with Gasteiger partial charge in [0.2, 0.25) is 0 Å². The van der Waals surface area contributed by atoms with E-state index in [4.69, 9.17) is 9.47 Å². The molecule has 0 bridgehead atoms. The summed E-state index contributed by atoms with van der Waals surface area (Å²) in [6, 6.07) is 11.0. The van der Waals surface area contributed by atoms with Crippen molar-refractivity contribution >= 4 is 39.6 Å². The molecule has 0 aliphatic rings. The van der Waals surface area contributed by atoms with Crippen molar-refractivity contribution < 1.29 is 24.0 Å². The SMILES string of the molecule is COc1cc(CNC(=O)c2ccc([N+](=O)[O-])s2)ccc1OC(=O)c1cccs1. The van der Waals surface area contributed by atoms with Crippen LogP contribution in [0.25, 0.3) is 0 Å². The van der Waals surface area contributed by atoms with Crippen molar-refractivity contribution in [1.29, 1.82) is 0 Å². The molecule has 0 aliphatic heterocycles. The highest BCUT2D eigenvalue weighted by molar-refractivity contribution is 7.17. The highest BCUT2D eigenvalue weighted by Crippen LogP contribution is 2.29. The summed E-state index contributed by atoms with van der Waals surface area (Å²) in [5, 5.41) is 15.1. The standard InChI is InChI=1S/C18H14N2O6S2/c1-25-13-9-11(4-5-12(13)26-18(22)15-3-2-8-27-15)10-19-17(21)14-6-7-16(28-14)20(23)24/h2-9H,10H2,1H3,(H,19,21). The van der Waals surface area contributed by atoms with E-state index < -0.39 is 16.8 Å². The minimum absolute atomic E-state index is 0.0938. The molecule has 0 atom stereocenters. The predicted molar refractivity (Wildman–Crippen MR) is 104 cm³/mol. The Kier molecular flexibility index (Phi) is 6.02. The van der Waals surface area contributed by atoms with Gasteiger partial charge in [-0.1, -0.05) is 23.5 Å². The number of hydrogen-bond donors (Lipinski definition) is 1. The third-order valence-corrected chi connectivity index (χ3v) is 5.49. The van der Waals surface area contributed by atoms with E-state index in [0.29, 0.717) is 16.2 Å². The van der Waals surface area contributed by atoms with Crippen LogP contribution in [-0.2, 0) is 6.54 Å². The fraction of sp³-hybridized carbons (Fsp3) is 0.111. The van der Waals surface area contributed by atoms with Gasteiger partial charge >= 0.3 is 11.0 Å². The molecule has 0 saturated carbocycles. The lowest BCUT2D eigenvalue weighted by atomic mass is 10.2. The number of thiophene rings is 2. The number of methoxy groups -OCH3 is 1. The topological polar surface area (TPSA) is 108 Å². The first-order chi connectivity index (χ1) is 13.5. The molecule has 1 amide bonds. The summed E-state index contributed by atoms with van der Waals surface area (Å²) in [5.41, 5.74) is 0.715. The number of amides is 1. The molecule has 0 aliphatic carbocycles. The Hall–Kier alpha value is -3.24. The summed E-state index contributed by atoms with van der Waals surface area (Å²) in [7, 11) is 1.45. The number of nitro groups is 1. The number of carbonyl (C=O) groups is 2. The molecule has 28 heavy (non-hydrogen) atoms. The quantitative estimate of drug-likeness (QED) is 0.270. The lowest BCUT2D eigenvalue weighted by Gasteiger charge is -2.11. The maximum absolute atomic E-state index is 12.1. The van der Waals surface area contributed by atoms with Gasteiger partial charge in [-0.3, -0.25) is 14.9 Å². The summed E-state index contributed by atoms with van der Waals surface area (Å²) in [6.07, 6.45) is 0. The third-order valence-electron chi connectivity index (χ3n) is 3.60. The Bertz CT molecular complexity index is 1010. The Morgan fingerprint density at radius 2 is 1.96 bits per heavy atom. The summed E-state index contributed by atoms with van der Waals surface area (Å²) in [4.78, 5) is 35.1. The van der Waals surface area contributed by atoms with Gasteiger partial charge in [0.25, 0.3) is 5.91 Å². The molecule has 144 valence electrons. The van der Waals surface area contributed by atoms with E-state index in [0.717, 1.165) is 11.3 Å². The van der Waals surface area contributed by atoms with Crippen LogP contribution >= 0.6 is 22.7 Å². The van der Waals surface area contributed by atoms with Crippen LogP contribution in [0.15, 0.2) is 47.8 Å². The second-order valence-electron chi connectivity index (χ2n) is 5.43. The molecule has 1 aromatic carbocycles. The zero-order chi connectivity index (χ0) is 20.1. The van der Waals surface area contributed by atoms with Crippen LogP contribution < -0.4 is 14.8 Å². The van der Waals surface area contributed by atoms with Crippen LogP contribution in [-0.4, -0.2) is 23.9 Å². The maximum Gasteiger partial charge on any atom is 0.353 e. The van der Waals surface area contributed by atoms with E-state index in [2.05, 4.69) is 5.32 Å². The second-order valence-corrected chi connectivity index (χ2v) is 7.44. The number of rotatable bonds is 7. The second kappa shape index (κ2) is 8.63. The number of hydrogen-bond acceptors (Lipinski definition) is 8. The van der Waals surface area contributed by atoms with Gasteiger partial charge in [-0.2, -0.15) is 0 Å². The summed E-state index contributed by atoms with van der Waals surface area (Å²) < 4.78 is 10.6. The Morgan fingerprint density at radius 1 is 1.14 bits per heavy atom. The van der Waals surface area contributed by atoms with Crippen LogP contribution in [0.4, 0.5) is 5.00 Å². The van der Waals surface area contributed by atoms with Crippen molar-refractivity contribution in [1.82, 2.24) is 5.32 Å². The molecule has 0 fully saturated rings. The normalized spacial score (nSPS) is 10.3. The molecule has 3 aromatic rings. The largest absolute Gasteiger partial charge is 0.493 e. The molecular weight excluding hydrogens is 404 g/mol. The van der Waals surface area contributed by atoms with Crippen LogP contribution in [0.1, 0.15) is 24.9 Å². The lowest BCUT2D eigenvalue weighted by Crippen LogP contribution is -2.21. The van der Waals surface area contributed by atoms with Crippen LogP contribution in [0, 0.1) is 10.1 Å². The predicted octanol–water partition coefficient (Wildman–Crippen LogP) is 3.88. The summed E-state index contributed by atoms with van der Waals surface area (Å²) in [5.74, 6) is -0.271. The minimum atomic E-state index is -0.539. The number of ether oxygens (including phenoxy) is 2. The van der Waals surface area contributed by atoms with E-state index in [1.165, 1.54) is 30.6 Å². The number of esters is 1. The van der Waals surface area contributed by atoms with Gasteiger partial charge in [0.1, 0.15) is 4.88 Å². The zero-order valence-corrected chi connectivity index (χ0v) is 16.2. The molecule has 2 aromatic heterocycles. The van der Waals surface area contributed by atoms with Crippen molar-refractivity contribution in [2.75, 3.05) is 7.11 Å². The van der Waals surface area contributed by atoms with E-state index in [-0.39, 0.29) is 22.2 Å². The van der Waals surface area contributed by atoms with E-state index >= 15 is 0 Å². The third kappa shape index (κ3) is 4.53. The van der Waals surface area contributed by atoms with Crippen molar-refractivity contribution in [2.24, 2.45) is 0 Å². The zero-order valence-electron chi connectivity index (χ0n) is 14.5. The van der Waals surface area contributed by atoms with Gasteiger partial charge in [-0.15, -0.1) is 11.3 Å². The van der Waals surface area contributed by atoms with Gasteiger partial charge in [0, 0.05) is 12.6 Å². The monoisotopic (exact) mass is 418 g/mol. The molecule has 8 nitrogen and oxygen atoms in total. The first kappa shape index (κ1) is 19.5. The van der Waals surface area contributed by atoms with Crippen molar-refractivity contribution in [3.63, 3.8) is 0 Å². The van der Waals surface area contributed by atoms with Crippen molar-refractivity contribution in [3.8, 4) is 11.5 Å². The first-order valence-electron chi connectivity index (χ1n) is 7.93. The molecular formula is C18H14N2O6S2. The maximum atomic E-state index is 12.1. The highest BCUT2D eigenvalue weighted by atomic mass is 32.1. The average Bonchev–Trinajstić information content (AvgIpc) is 3.38. The van der Waals surface area contributed by atoms with Crippen LogP contribution in [0.2, 0.25) is 0 Å². The van der Waals surface area contributed by atoms with Crippen LogP contribution in [0.3, 0.4) is 0 Å². The molecule has 3 rings (SSSR count). The van der Waals surface area contributed by atoms with Crippen molar-refractivity contribution in [2.45, 2.75) is 6.54 Å². The lowest BCUT2D eigenvalue weighted by molar-refractivity contribution is -0.380. The Balaban J connectivity index is 1.65. The number of carbonyl (C=O) groups excluding carboxylic acids is 2. The minimum Gasteiger partial charge on any atom is -0.493 e. The van der Waals surface area contributed by atoms with Crippen LogP contribution in [0.5, 0.6) is 11.5 Å². The van der Waals surface area contributed by atoms with Gasteiger partial charge in [0.05, 0.1) is 16.9 Å². The number of nitrogens with zero attached hydrogens (tertiary/aromatic N) is 1. The first-order valence-corrected chi connectivity index (χ1v) is 9.62. The summed E-state index contributed by atoms with van der Waals surface area (Å²) in [6.45, 7) is 0.181. The summed E-state index contributed by atoms with van der Waals surface area (Å²) >= 11 is 2.08. The van der Waals surface area contributed by atoms with Gasteiger partial charge in [-0.25, -0.2) is 4.79 Å². The molecule has 0 saturated heterocycles. The highest BCUT2D eigenvalue weighted by Gasteiger charge is 2.16. The molecule has 0 radical (unpaired) electrons. The van der Waals surface area contributed by atoms with E-state index in [1.807, 2.05) is 0 Å². The molecule has 0 spiro atoms. The van der Waals surface area contributed by atoms with Gasteiger partial charge in [-0.05, 0) is 35.2 Å². The van der Waals surface area contributed by atoms with Crippen molar-refractivity contribution in [3.05, 3.63) is 73.3 Å². The molecule has 1 N–H and O–H groups in total.